The maximum absolute atomic E-state index is 11.8. The summed E-state index contributed by atoms with van der Waals surface area (Å²) in [5.74, 6) is 0. The van der Waals surface area contributed by atoms with Crippen molar-refractivity contribution in [3.63, 3.8) is 0 Å². The lowest BCUT2D eigenvalue weighted by Crippen LogP contribution is -2.32. The summed E-state index contributed by atoms with van der Waals surface area (Å²) in [6, 6.07) is 0. The first-order chi connectivity index (χ1) is 11.0. The Bertz CT molecular complexity index is 443. The molecule has 1 heterocycles. The van der Waals surface area contributed by atoms with E-state index in [0.717, 1.165) is 0 Å². The van der Waals surface area contributed by atoms with Gasteiger partial charge >= 0.3 is 15.6 Å². The highest BCUT2D eigenvalue weighted by Crippen LogP contribution is 2.61. The van der Waals surface area contributed by atoms with Crippen LogP contribution >= 0.6 is 15.6 Å². The molecule has 1 aliphatic heterocycles. The van der Waals surface area contributed by atoms with Gasteiger partial charge in [-0.25, -0.2) is 9.13 Å². The fourth-order valence-corrected chi connectivity index (χ4v) is 4.11. The second-order valence-corrected chi connectivity index (χ2v) is 8.98. The fraction of sp³-hybridized carbons (Fsp3) is 1.00. The quantitative estimate of drug-likeness (QED) is 0.468. The smallest absolute Gasteiger partial charge is 0.394 e. The lowest BCUT2D eigenvalue weighted by molar-refractivity contribution is -0.0613. The predicted octanol–water partition coefficient (Wildman–Crippen LogP) is 0.0318. The molecule has 24 heavy (non-hydrogen) atoms. The van der Waals surface area contributed by atoms with E-state index >= 15 is 0 Å². The highest BCUT2D eigenvalue weighted by atomic mass is 31.3. The third-order valence-electron chi connectivity index (χ3n) is 2.77. The number of aliphatic hydroxyl groups is 2. The monoisotopic (exact) mass is 394 g/mol. The molecule has 0 bridgehead atoms. The number of ether oxygens (including phenoxy) is 2. The van der Waals surface area contributed by atoms with Crippen LogP contribution in [-0.4, -0.2) is 71.8 Å². The average molecular weight is 394 g/mol. The molecule has 0 aromatic rings. The molecule has 0 saturated carbocycles. The molecule has 0 aromatic carbocycles. The molecule has 13 heteroatoms. The van der Waals surface area contributed by atoms with Gasteiger partial charge in [-0.3, -0.25) is 9.05 Å². The molecular weight excluding hydrogens is 370 g/mol. The van der Waals surface area contributed by atoms with E-state index in [1.54, 1.807) is 0 Å². The third-order valence-corrected chi connectivity index (χ3v) is 5.55. The Labute approximate surface area is 139 Å². The van der Waals surface area contributed by atoms with E-state index in [9.17, 15) is 18.9 Å². The standard InChI is InChI=1S/C11H24O11P2/c1-11(2)7-18-5-9(3-12)20-23(14,15)22-24(16,17)21-10(4-13)6-19-8-11/h9-10,12-13H,3-8H2,1-2H3,(H,14,15)(H,16,17). The van der Waals surface area contributed by atoms with Crippen LogP contribution in [0.4, 0.5) is 0 Å². The number of aliphatic hydroxyl groups excluding tert-OH is 2. The molecule has 4 N–H and O–H groups in total. The minimum absolute atomic E-state index is 0.187. The van der Waals surface area contributed by atoms with Gasteiger partial charge in [-0.05, 0) is 0 Å². The minimum Gasteiger partial charge on any atom is -0.394 e. The van der Waals surface area contributed by atoms with Gasteiger partial charge in [-0.15, -0.1) is 0 Å². The van der Waals surface area contributed by atoms with E-state index in [2.05, 4.69) is 13.4 Å². The highest BCUT2D eigenvalue weighted by Gasteiger charge is 2.39. The van der Waals surface area contributed by atoms with Gasteiger partial charge in [-0.1, -0.05) is 13.8 Å². The number of phosphoric ester groups is 2. The Kier molecular flexibility index (Phi) is 8.45. The summed E-state index contributed by atoms with van der Waals surface area (Å²) in [5.41, 5.74) is -0.466. The van der Waals surface area contributed by atoms with E-state index in [0.29, 0.717) is 0 Å². The Morgan fingerprint density at radius 2 is 1.29 bits per heavy atom. The van der Waals surface area contributed by atoms with Crippen molar-refractivity contribution in [3.8, 4) is 0 Å². The van der Waals surface area contributed by atoms with Crippen LogP contribution in [-0.2, 0) is 32.0 Å². The van der Waals surface area contributed by atoms with Crippen molar-refractivity contribution >= 4 is 15.6 Å². The zero-order chi connectivity index (χ0) is 18.4. The van der Waals surface area contributed by atoms with Crippen LogP contribution in [0.3, 0.4) is 0 Å². The summed E-state index contributed by atoms with van der Waals surface area (Å²) in [7, 11) is -10.1. The van der Waals surface area contributed by atoms with Crippen molar-refractivity contribution in [2.24, 2.45) is 5.41 Å². The second-order valence-electron chi connectivity index (χ2n) is 6.03. The molecule has 4 unspecified atom stereocenters. The summed E-state index contributed by atoms with van der Waals surface area (Å²) >= 11 is 0. The maximum atomic E-state index is 11.8. The zero-order valence-corrected chi connectivity index (χ0v) is 15.2. The minimum atomic E-state index is -5.03. The van der Waals surface area contributed by atoms with Gasteiger partial charge in [0.05, 0.1) is 39.6 Å². The van der Waals surface area contributed by atoms with Crippen LogP contribution in [0.2, 0.25) is 0 Å². The lowest BCUT2D eigenvalue weighted by atomic mass is 9.96. The summed E-state index contributed by atoms with van der Waals surface area (Å²) in [6.07, 6.45) is -2.51. The van der Waals surface area contributed by atoms with E-state index < -0.39 is 46.5 Å². The van der Waals surface area contributed by atoms with Crippen molar-refractivity contribution < 1.29 is 52.0 Å². The SMILES string of the molecule is CC1(C)COCC(CO)OP(=O)(O)OP(=O)(O)OC(CO)COC1. The molecule has 1 fully saturated rings. The first-order valence-corrected chi connectivity index (χ1v) is 10.1. The van der Waals surface area contributed by atoms with Crippen LogP contribution in [0.25, 0.3) is 0 Å². The van der Waals surface area contributed by atoms with E-state index in [1.165, 1.54) is 0 Å². The topological polar surface area (TPSA) is 161 Å². The Morgan fingerprint density at radius 1 is 0.917 bits per heavy atom. The van der Waals surface area contributed by atoms with Gasteiger partial charge in [0.2, 0.25) is 0 Å². The van der Waals surface area contributed by atoms with Crippen molar-refractivity contribution in [1.29, 1.82) is 0 Å². The summed E-state index contributed by atoms with van der Waals surface area (Å²) in [4.78, 5) is 19.0. The largest absolute Gasteiger partial charge is 0.481 e. The Hall–Kier alpha value is 0.1000. The summed E-state index contributed by atoms with van der Waals surface area (Å²) in [6.45, 7) is 2.16. The van der Waals surface area contributed by atoms with Crippen molar-refractivity contribution in [2.75, 3.05) is 39.6 Å². The van der Waals surface area contributed by atoms with Crippen LogP contribution in [0, 0.1) is 5.41 Å². The molecule has 1 rings (SSSR count). The summed E-state index contributed by atoms with van der Waals surface area (Å²) < 4.78 is 47.5. The third kappa shape index (κ3) is 8.46. The van der Waals surface area contributed by atoms with Crippen molar-refractivity contribution in [2.45, 2.75) is 26.1 Å². The first kappa shape index (κ1) is 22.1. The van der Waals surface area contributed by atoms with E-state index in [1.807, 2.05) is 13.8 Å². The molecule has 0 radical (unpaired) electrons. The molecule has 11 nitrogen and oxygen atoms in total. The van der Waals surface area contributed by atoms with Crippen molar-refractivity contribution in [3.05, 3.63) is 0 Å². The Morgan fingerprint density at radius 3 is 1.62 bits per heavy atom. The van der Waals surface area contributed by atoms with Crippen molar-refractivity contribution in [1.82, 2.24) is 0 Å². The lowest BCUT2D eigenvalue weighted by Gasteiger charge is -2.28. The van der Waals surface area contributed by atoms with Crippen LogP contribution < -0.4 is 0 Å². The van der Waals surface area contributed by atoms with Gasteiger partial charge in [-0.2, -0.15) is 4.31 Å². The fourth-order valence-electron chi connectivity index (χ4n) is 1.75. The van der Waals surface area contributed by atoms with Gasteiger partial charge < -0.3 is 29.5 Å². The average Bonchev–Trinajstić information content (AvgIpc) is 2.42. The number of rotatable bonds is 2. The molecule has 0 spiro atoms. The Balaban J connectivity index is 2.92. The number of hydrogen-bond acceptors (Lipinski definition) is 9. The van der Waals surface area contributed by atoms with Crippen LogP contribution in [0.15, 0.2) is 0 Å². The van der Waals surface area contributed by atoms with E-state index in [-0.39, 0.29) is 26.4 Å². The molecular formula is C11H24O11P2. The predicted molar refractivity (Wildman–Crippen MR) is 80.1 cm³/mol. The molecule has 1 saturated heterocycles. The highest BCUT2D eigenvalue weighted by molar-refractivity contribution is 7.61. The van der Waals surface area contributed by atoms with Gasteiger partial charge in [0.25, 0.3) is 0 Å². The molecule has 1 aliphatic rings. The molecule has 0 aliphatic carbocycles. The van der Waals surface area contributed by atoms with E-state index in [4.69, 9.17) is 19.7 Å². The molecule has 144 valence electrons. The normalized spacial score (nSPS) is 39.9. The number of phosphoric acid groups is 2. The van der Waals surface area contributed by atoms with Gasteiger partial charge in [0, 0.05) is 5.41 Å². The van der Waals surface area contributed by atoms with Gasteiger partial charge in [0.15, 0.2) is 0 Å². The zero-order valence-electron chi connectivity index (χ0n) is 13.4. The maximum Gasteiger partial charge on any atom is 0.481 e. The molecule has 4 atom stereocenters. The first-order valence-electron chi connectivity index (χ1n) is 7.09. The summed E-state index contributed by atoms with van der Waals surface area (Å²) in [5, 5.41) is 18.3. The van der Waals surface area contributed by atoms with Gasteiger partial charge in [0.1, 0.15) is 12.2 Å². The molecule has 0 aromatic heterocycles. The van der Waals surface area contributed by atoms with Crippen LogP contribution in [0.5, 0.6) is 0 Å². The van der Waals surface area contributed by atoms with Crippen LogP contribution in [0.1, 0.15) is 13.8 Å². The number of hydrogen-bond donors (Lipinski definition) is 4. The molecule has 0 amide bonds. The second kappa shape index (κ2) is 9.16.